The molecule has 0 amide bonds. The van der Waals surface area contributed by atoms with Gasteiger partial charge >= 0.3 is 11.9 Å². The molecule has 0 fully saturated rings. The summed E-state index contributed by atoms with van der Waals surface area (Å²) in [6.07, 6.45) is 32.8. The van der Waals surface area contributed by atoms with Gasteiger partial charge in [-0.2, -0.15) is 0 Å². The Bertz CT molecular complexity index is 505. The summed E-state index contributed by atoms with van der Waals surface area (Å²) in [6, 6.07) is 0. The van der Waals surface area contributed by atoms with Gasteiger partial charge in [0.05, 0.1) is 0 Å². The van der Waals surface area contributed by atoms with Crippen molar-refractivity contribution in [3.63, 3.8) is 0 Å². The minimum absolute atomic E-state index is 0.168. The number of ether oxygens (including phenoxy) is 2. The largest absolute Gasteiger partial charge is 0.462 e. The molecule has 0 N–H and O–H groups in total. The number of rotatable bonds is 30. The summed E-state index contributed by atoms with van der Waals surface area (Å²) in [5.41, 5.74) is 0. The SMILES string of the molecule is CCCCCCCCCCCCCCCCCC(=O)OC[C@H](C)OC(=O)CCCCCCCCCCCC. The van der Waals surface area contributed by atoms with Gasteiger partial charge in [-0.05, 0) is 19.8 Å². The summed E-state index contributed by atoms with van der Waals surface area (Å²) in [5, 5.41) is 0. The van der Waals surface area contributed by atoms with E-state index in [1.165, 1.54) is 135 Å². The molecule has 0 aromatic rings. The van der Waals surface area contributed by atoms with Crippen molar-refractivity contribution in [2.45, 2.75) is 200 Å². The van der Waals surface area contributed by atoms with E-state index in [4.69, 9.17) is 9.47 Å². The molecule has 4 nitrogen and oxygen atoms in total. The van der Waals surface area contributed by atoms with Crippen LogP contribution in [0.2, 0.25) is 0 Å². The zero-order valence-corrected chi connectivity index (χ0v) is 26.0. The third kappa shape index (κ3) is 29.5. The Kier molecular flexibility index (Phi) is 29.6. The second-order valence-electron chi connectivity index (χ2n) is 11.6. The first-order valence-corrected chi connectivity index (χ1v) is 16.9. The summed E-state index contributed by atoms with van der Waals surface area (Å²) in [6.45, 7) is 6.50. The van der Waals surface area contributed by atoms with Gasteiger partial charge in [-0.15, -0.1) is 0 Å². The molecule has 0 bridgehead atoms. The van der Waals surface area contributed by atoms with Gasteiger partial charge in [0.25, 0.3) is 0 Å². The smallest absolute Gasteiger partial charge is 0.306 e. The van der Waals surface area contributed by atoms with Crippen LogP contribution in [0.1, 0.15) is 194 Å². The average Bonchev–Trinajstić information content (AvgIpc) is 2.90. The minimum atomic E-state index is -0.365. The third-order valence-electron chi connectivity index (χ3n) is 7.53. The first-order chi connectivity index (χ1) is 18.6. The molecule has 0 heterocycles. The molecule has 0 spiro atoms. The molecule has 226 valence electrons. The number of carbonyl (C=O) groups excluding carboxylic acids is 2. The fourth-order valence-corrected chi connectivity index (χ4v) is 5.00. The number of carbonyl (C=O) groups is 2. The monoisotopic (exact) mass is 538 g/mol. The first kappa shape index (κ1) is 36.9. The van der Waals surface area contributed by atoms with Crippen molar-refractivity contribution in [3.05, 3.63) is 0 Å². The van der Waals surface area contributed by atoms with Crippen LogP contribution >= 0.6 is 0 Å². The molecule has 0 saturated heterocycles. The second-order valence-corrected chi connectivity index (χ2v) is 11.6. The molecule has 0 aromatic heterocycles. The van der Waals surface area contributed by atoms with Gasteiger partial charge in [0.2, 0.25) is 0 Å². The van der Waals surface area contributed by atoms with Crippen LogP contribution in [0.5, 0.6) is 0 Å². The lowest BCUT2D eigenvalue weighted by molar-refractivity contribution is -0.158. The van der Waals surface area contributed by atoms with Crippen LogP contribution in [0.15, 0.2) is 0 Å². The van der Waals surface area contributed by atoms with E-state index >= 15 is 0 Å². The molecule has 0 aliphatic heterocycles. The van der Waals surface area contributed by atoms with Crippen molar-refractivity contribution in [3.8, 4) is 0 Å². The van der Waals surface area contributed by atoms with E-state index < -0.39 is 0 Å². The zero-order valence-electron chi connectivity index (χ0n) is 26.0. The normalized spacial score (nSPS) is 12.0. The van der Waals surface area contributed by atoms with Crippen LogP contribution < -0.4 is 0 Å². The average molecular weight is 539 g/mol. The van der Waals surface area contributed by atoms with Crippen molar-refractivity contribution in [1.29, 1.82) is 0 Å². The maximum Gasteiger partial charge on any atom is 0.306 e. The highest BCUT2D eigenvalue weighted by Gasteiger charge is 2.12. The molecule has 0 aromatic carbocycles. The van der Waals surface area contributed by atoms with Gasteiger partial charge in [-0.25, -0.2) is 0 Å². The van der Waals surface area contributed by atoms with Gasteiger partial charge in [-0.1, -0.05) is 162 Å². The lowest BCUT2D eigenvalue weighted by Crippen LogP contribution is -2.22. The number of hydrogen-bond donors (Lipinski definition) is 0. The highest BCUT2D eigenvalue weighted by Crippen LogP contribution is 2.14. The molecule has 0 unspecified atom stereocenters. The van der Waals surface area contributed by atoms with Gasteiger partial charge in [0.1, 0.15) is 12.7 Å². The van der Waals surface area contributed by atoms with E-state index in [2.05, 4.69) is 13.8 Å². The predicted molar refractivity (Wildman–Crippen MR) is 163 cm³/mol. The Labute approximate surface area is 237 Å². The van der Waals surface area contributed by atoms with E-state index in [0.717, 1.165) is 25.7 Å². The van der Waals surface area contributed by atoms with Crippen molar-refractivity contribution in [2.75, 3.05) is 6.61 Å². The Hall–Kier alpha value is -1.06. The molecule has 0 aliphatic carbocycles. The first-order valence-electron chi connectivity index (χ1n) is 16.9. The van der Waals surface area contributed by atoms with Crippen LogP contribution in [-0.4, -0.2) is 24.6 Å². The fraction of sp³-hybridized carbons (Fsp3) is 0.941. The Morgan fingerprint density at radius 2 is 0.737 bits per heavy atom. The highest BCUT2D eigenvalue weighted by molar-refractivity contribution is 5.70. The molecular weight excluding hydrogens is 472 g/mol. The zero-order chi connectivity index (χ0) is 27.9. The second kappa shape index (κ2) is 30.5. The number of esters is 2. The highest BCUT2D eigenvalue weighted by atomic mass is 16.6. The summed E-state index contributed by atoms with van der Waals surface area (Å²) in [7, 11) is 0. The van der Waals surface area contributed by atoms with Crippen LogP contribution in [0.4, 0.5) is 0 Å². The minimum Gasteiger partial charge on any atom is -0.462 e. The standard InChI is InChI=1S/C34H66O4/c1-4-6-8-10-12-14-16-17-18-19-20-22-23-25-27-29-33(35)37-31-32(3)38-34(36)30-28-26-24-21-15-13-11-9-7-5-2/h32H,4-31H2,1-3H3/t32-/m0/s1. The molecule has 0 rings (SSSR count). The lowest BCUT2D eigenvalue weighted by atomic mass is 10.0. The molecule has 0 aliphatic rings. The maximum absolute atomic E-state index is 12.0. The van der Waals surface area contributed by atoms with Gasteiger partial charge < -0.3 is 9.47 Å². The lowest BCUT2D eigenvalue weighted by Gasteiger charge is -2.13. The van der Waals surface area contributed by atoms with E-state index in [1.54, 1.807) is 6.92 Å². The van der Waals surface area contributed by atoms with E-state index in [0.29, 0.717) is 12.8 Å². The summed E-state index contributed by atoms with van der Waals surface area (Å²) >= 11 is 0. The quantitative estimate of drug-likeness (QED) is 0.0674. The third-order valence-corrected chi connectivity index (χ3v) is 7.53. The van der Waals surface area contributed by atoms with E-state index in [9.17, 15) is 9.59 Å². The Morgan fingerprint density at radius 1 is 0.447 bits per heavy atom. The van der Waals surface area contributed by atoms with E-state index in [1.807, 2.05) is 0 Å². The van der Waals surface area contributed by atoms with Crippen LogP contribution in [0.25, 0.3) is 0 Å². The van der Waals surface area contributed by atoms with Crippen molar-refractivity contribution < 1.29 is 19.1 Å². The Balaban J connectivity index is 3.40. The Morgan fingerprint density at radius 3 is 1.08 bits per heavy atom. The fourth-order valence-electron chi connectivity index (χ4n) is 5.00. The molecular formula is C34H66O4. The predicted octanol–water partition coefficient (Wildman–Crippen LogP) is 11.0. The van der Waals surface area contributed by atoms with Crippen molar-refractivity contribution in [2.24, 2.45) is 0 Å². The maximum atomic E-state index is 12.0. The summed E-state index contributed by atoms with van der Waals surface area (Å²) in [5.74, 6) is -0.340. The van der Waals surface area contributed by atoms with Crippen LogP contribution in [0, 0.1) is 0 Å². The van der Waals surface area contributed by atoms with Gasteiger partial charge in [-0.3, -0.25) is 9.59 Å². The summed E-state index contributed by atoms with van der Waals surface area (Å²) in [4.78, 5) is 24.0. The van der Waals surface area contributed by atoms with Crippen LogP contribution in [-0.2, 0) is 19.1 Å². The van der Waals surface area contributed by atoms with Gasteiger partial charge in [0.15, 0.2) is 0 Å². The topological polar surface area (TPSA) is 52.6 Å². The molecule has 4 heteroatoms. The molecule has 0 saturated carbocycles. The number of unbranched alkanes of at least 4 members (excludes halogenated alkanes) is 23. The van der Waals surface area contributed by atoms with Gasteiger partial charge in [0, 0.05) is 12.8 Å². The van der Waals surface area contributed by atoms with Crippen LogP contribution in [0.3, 0.4) is 0 Å². The van der Waals surface area contributed by atoms with E-state index in [-0.39, 0.29) is 24.6 Å². The molecule has 0 radical (unpaired) electrons. The van der Waals surface area contributed by atoms with Crippen molar-refractivity contribution >= 4 is 11.9 Å². The number of hydrogen-bond acceptors (Lipinski definition) is 4. The molecule has 1 atom stereocenters. The van der Waals surface area contributed by atoms with Crippen molar-refractivity contribution in [1.82, 2.24) is 0 Å². The summed E-state index contributed by atoms with van der Waals surface area (Å²) < 4.78 is 10.7. The molecule has 38 heavy (non-hydrogen) atoms.